The van der Waals surface area contributed by atoms with E-state index in [2.05, 4.69) is 31.2 Å². The summed E-state index contributed by atoms with van der Waals surface area (Å²) in [5.41, 5.74) is 0.593. The average molecular weight is 949 g/mol. The van der Waals surface area contributed by atoms with Crippen LogP contribution < -0.4 is 35.8 Å². The number of anilines is 5. The van der Waals surface area contributed by atoms with Gasteiger partial charge in [-0.3, -0.25) is 43.8 Å². The summed E-state index contributed by atoms with van der Waals surface area (Å²) in [5, 5.41) is 11.0. The van der Waals surface area contributed by atoms with Crippen LogP contribution in [-0.2, 0) is 28.7 Å². The minimum Gasteiger partial charge on any atom is -0.495 e. The van der Waals surface area contributed by atoms with Gasteiger partial charge in [0.2, 0.25) is 23.7 Å². The molecular weight excluding hydrogens is 898 g/mol. The first kappa shape index (κ1) is 47.6. The van der Waals surface area contributed by atoms with Crippen LogP contribution in [0, 0.1) is 5.82 Å². The summed E-state index contributed by atoms with van der Waals surface area (Å²) in [6, 6.07) is 5.36. The third-order valence-electron chi connectivity index (χ3n) is 12.7. The van der Waals surface area contributed by atoms with E-state index in [0.29, 0.717) is 44.5 Å². The van der Waals surface area contributed by atoms with Gasteiger partial charge in [-0.05, 0) is 50.3 Å². The summed E-state index contributed by atoms with van der Waals surface area (Å²) < 4.78 is 62.3. The molecular formula is C45H51F3N10O10. The number of hydrogen-bond acceptors (Lipinski definition) is 15. The van der Waals surface area contributed by atoms with Gasteiger partial charge in [-0.2, -0.15) is 13.8 Å². The molecule has 7 amide bonds. The quantitative estimate of drug-likeness (QED) is 0.119. The highest BCUT2D eigenvalue weighted by Crippen LogP contribution is 2.40. The molecule has 362 valence electrons. The van der Waals surface area contributed by atoms with Gasteiger partial charge < -0.3 is 44.9 Å². The molecule has 4 N–H and O–H groups in total. The number of amides is 7. The molecule has 23 heteroatoms. The molecule has 0 spiro atoms. The van der Waals surface area contributed by atoms with Gasteiger partial charge in [-0.25, -0.2) is 9.37 Å². The molecule has 1 aliphatic carbocycles. The number of rotatable bonds is 16. The van der Waals surface area contributed by atoms with Crippen LogP contribution in [0.25, 0.3) is 0 Å². The normalized spacial score (nSPS) is 19.7. The Morgan fingerprint density at radius 1 is 0.941 bits per heavy atom. The molecule has 20 nitrogen and oxygen atoms in total. The van der Waals surface area contributed by atoms with Crippen molar-refractivity contribution >= 4 is 70.2 Å². The molecule has 1 saturated carbocycles. The number of methoxy groups -OCH3 is 1. The smallest absolute Gasteiger partial charge is 0.342 e. The minimum absolute atomic E-state index is 0.0191. The fourth-order valence-corrected chi connectivity index (χ4v) is 9.15. The molecule has 2 saturated heterocycles. The van der Waals surface area contributed by atoms with Gasteiger partial charge in [0.25, 0.3) is 23.6 Å². The maximum absolute atomic E-state index is 15.6. The van der Waals surface area contributed by atoms with Crippen LogP contribution in [0.2, 0.25) is 0 Å². The number of hydrogen-bond donors (Lipinski definition) is 4. The van der Waals surface area contributed by atoms with Crippen molar-refractivity contribution in [2.45, 2.75) is 75.4 Å². The first-order valence-electron chi connectivity index (χ1n) is 22.4. The molecule has 1 unspecified atom stereocenters. The summed E-state index contributed by atoms with van der Waals surface area (Å²) in [7, 11) is 2.58. The van der Waals surface area contributed by atoms with Crippen molar-refractivity contribution in [1.82, 2.24) is 30.4 Å². The van der Waals surface area contributed by atoms with Crippen LogP contribution in [0.15, 0.2) is 36.5 Å². The number of piperidine rings is 2. The maximum atomic E-state index is 15.6. The third-order valence-corrected chi connectivity index (χ3v) is 12.7. The van der Waals surface area contributed by atoms with Gasteiger partial charge in [0.1, 0.15) is 29.9 Å². The molecule has 2 aromatic carbocycles. The second kappa shape index (κ2) is 20.1. The number of imide groups is 2. The monoisotopic (exact) mass is 948 g/mol. The number of likely N-dealkylation sites (tertiary alicyclic amines) is 1. The Bertz CT molecular complexity index is 2500. The molecule has 4 aliphatic heterocycles. The average Bonchev–Trinajstić information content (AvgIpc) is 3.93. The number of carbonyl (C=O) groups is 7. The van der Waals surface area contributed by atoms with Crippen LogP contribution in [-0.4, -0.2) is 152 Å². The molecule has 1 atom stereocenters. The number of fused-ring (bicyclic) bond motifs is 2. The Morgan fingerprint density at radius 3 is 2.43 bits per heavy atom. The van der Waals surface area contributed by atoms with Crippen LogP contribution >= 0.6 is 0 Å². The minimum atomic E-state index is -3.66. The molecule has 0 bridgehead atoms. The summed E-state index contributed by atoms with van der Waals surface area (Å²) >= 11 is 0. The highest BCUT2D eigenvalue weighted by molar-refractivity contribution is 6.25. The SMILES string of the molecule is COc1cc(C(=O)NC2CCN(C(=O)COCCOCCNc3cccc4c3C(=O)N(C3CCC(=O)NC3=O)C4=O)CC2)c(F)cc1Nc1ncc2c(n1)N(C1CCCC1)CC(F)(F)C(=O)N2C. The van der Waals surface area contributed by atoms with Crippen LogP contribution in [0.3, 0.4) is 0 Å². The predicted octanol–water partition coefficient (Wildman–Crippen LogP) is 3.00. The van der Waals surface area contributed by atoms with Gasteiger partial charge in [-0.15, -0.1) is 0 Å². The van der Waals surface area contributed by atoms with Crippen molar-refractivity contribution in [3.8, 4) is 5.75 Å². The van der Waals surface area contributed by atoms with Gasteiger partial charge in [0.05, 0.1) is 62.0 Å². The van der Waals surface area contributed by atoms with Crippen molar-refractivity contribution in [2.24, 2.45) is 0 Å². The number of ether oxygens (including phenoxy) is 3. The topological polar surface area (TPSA) is 234 Å². The molecule has 1 aromatic heterocycles. The molecule has 3 fully saturated rings. The summed E-state index contributed by atoms with van der Waals surface area (Å²) in [4.78, 5) is 103. The van der Waals surface area contributed by atoms with Crippen molar-refractivity contribution < 1.29 is 60.9 Å². The van der Waals surface area contributed by atoms with Gasteiger partial charge in [0, 0.05) is 56.9 Å². The highest BCUT2D eigenvalue weighted by Gasteiger charge is 2.49. The molecule has 8 rings (SSSR count). The second-order valence-electron chi connectivity index (χ2n) is 17.1. The van der Waals surface area contributed by atoms with E-state index in [9.17, 15) is 33.6 Å². The number of halogens is 3. The zero-order chi connectivity index (χ0) is 48.3. The molecule has 3 aromatic rings. The number of carbonyl (C=O) groups excluding carboxylic acids is 7. The van der Waals surface area contributed by atoms with Crippen molar-refractivity contribution in [2.75, 3.05) is 87.2 Å². The van der Waals surface area contributed by atoms with Crippen LogP contribution in [0.5, 0.6) is 5.75 Å². The third kappa shape index (κ3) is 9.89. The van der Waals surface area contributed by atoms with Crippen LogP contribution in [0.4, 0.5) is 42.0 Å². The van der Waals surface area contributed by atoms with Crippen LogP contribution in [0.1, 0.15) is 82.4 Å². The molecule has 5 aliphatic rings. The van der Waals surface area contributed by atoms with E-state index in [1.165, 1.54) is 37.4 Å². The lowest BCUT2D eigenvalue weighted by atomic mass is 10.0. The number of alkyl halides is 2. The first-order chi connectivity index (χ1) is 32.6. The lowest BCUT2D eigenvalue weighted by Gasteiger charge is -2.32. The molecule has 0 radical (unpaired) electrons. The van der Waals surface area contributed by atoms with E-state index < -0.39 is 59.8 Å². The Kier molecular flexibility index (Phi) is 14.1. The molecule has 68 heavy (non-hydrogen) atoms. The van der Waals surface area contributed by atoms with Crippen molar-refractivity contribution in [3.63, 3.8) is 0 Å². The fraction of sp³-hybridized carbons (Fsp3) is 0.489. The van der Waals surface area contributed by atoms with Gasteiger partial charge in [0.15, 0.2) is 5.82 Å². The van der Waals surface area contributed by atoms with Gasteiger partial charge in [-0.1, -0.05) is 18.9 Å². The van der Waals surface area contributed by atoms with Crippen molar-refractivity contribution in [1.29, 1.82) is 0 Å². The van der Waals surface area contributed by atoms with E-state index in [1.54, 1.807) is 17.0 Å². The first-order valence-corrected chi connectivity index (χ1v) is 22.4. The lowest BCUT2D eigenvalue weighted by molar-refractivity contribution is -0.140. The summed E-state index contributed by atoms with van der Waals surface area (Å²) in [6.45, 7) is 0.382. The largest absolute Gasteiger partial charge is 0.495 e. The zero-order valence-electron chi connectivity index (χ0n) is 37.4. The van der Waals surface area contributed by atoms with E-state index >= 15 is 13.2 Å². The Morgan fingerprint density at radius 2 is 1.69 bits per heavy atom. The van der Waals surface area contributed by atoms with Crippen molar-refractivity contribution in [3.05, 3.63) is 59.0 Å². The maximum Gasteiger partial charge on any atom is 0.342 e. The van der Waals surface area contributed by atoms with E-state index in [4.69, 9.17) is 14.2 Å². The predicted molar refractivity (Wildman–Crippen MR) is 237 cm³/mol. The van der Waals surface area contributed by atoms with E-state index in [1.807, 2.05) is 0 Å². The standard InChI is InChI=1S/C45H51F3N10O10/c1-55-33-22-50-44(54-38(33)57(26-6-3-4-7-26)24-45(47,48)43(55)65)52-31-21-29(46)28(20-34(31)66-2)39(61)51-25-12-15-56(16-13-25)36(60)23-68-19-18-67-17-14-49-30-9-5-8-27-37(30)42(64)58(41(27)63)32-10-11-35(59)53-40(32)62/h5,8-9,20-22,25-26,32,49H,3-4,6-7,10-19,23-24H2,1-2H3,(H,51,61)(H,50,52,54)(H,53,59,62). The number of nitrogens with one attached hydrogen (secondary N) is 4. The van der Waals surface area contributed by atoms with E-state index in [-0.39, 0.29) is 109 Å². The number of nitrogens with zero attached hydrogens (tertiary/aromatic N) is 6. The summed E-state index contributed by atoms with van der Waals surface area (Å²) in [6.07, 6.45) is 5.17. The Labute approximate surface area is 388 Å². The number of benzene rings is 2. The van der Waals surface area contributed by atoms with E-state index in [0.717, 1.165) is 28.7 Å². The Balaban J connectivity index is 0.762. The lowest BCUT2D eigenvalue weighted by Crippen LogP contribution is -2.54. The fourth-order valence-electron chi connectivity index (χ4n) is 9.15. The Hall–Kier alpha value is -6.88. The summed E-state index contributed by atoms with van der Waals surface area (Å²) in [5.74, 6) is -9.05. The zero-order valence-corrected chi connectivity index (χ0v) is 37.4. The number of aromatic nitrogens is 2. The van der Waals surface area contributed by atoms with Gasteiger partial charge >= 0.3 is 5.92 Å². The highest BCUT2D eigenvalue weighted by atomic mass is 19.3. The second-order valence-corrected chi connectivity index (χ2v) is 17.1. The molecule has 5 heterocycles.